The maximum Gasteiger partial charge on any atom is 0.119 e. The van der Waals surface area contributed by atoms with Gasteiger partial charge in [-0.25, -0.2) is 0 Å². The van der Waals surface area contributed by atoms with Crippen LogP contribution in [0.3, 0.4) is 0 Å². The summed E-state index contributed by atoms with van der Waals surface area (Å²) in [5, 5.41) is 0. The van der Waals surface area contributed by atoms with Gasteiger partial charge in [-0.15, -0.1) is 0 Å². The maximum atomic E-state index is 5.92. The van der Waals surface area contributed by atoms with Crippen molar-refractivity contribution in [1.29, 1.82) is 0 Å². The smallest absolute Gasteiger partial charge is 0.119 e. The van der Waals surface area contributed by atoms with Gasteiger partial charge in [-0.1, -0.05) is 15.9 Å². The van der Waals surface area contributed by atoms with E-state index in [-0.39, 0.29) is 0 Å². The molecule has 1 aromatic carbocycles. The predicted molar refractivity (Wildman–Crippen MR) is 84.0 cm³/mol. The molecule has 0 amide bonds. The molecule has 1 saturated heterocycles. The lowest BCUT2D eigenvalue weighted by Gasteiger charge is -2.38. The van der Waals surface area contributed by atoms with Gasteiger partial charge in [0.25, 0.3) is 0 Å². The number of likely N-dealkylation sites (tertiary alicyclic amines) is 1. The Balaban J connectivity index is 2.08. The van der Waals surface area contributed by atoms with Crippen molar-refractivity contribution >= 4 is 15.9 Å². The molecule has 1 fully saturated rings. The van der Waals surface area contributed by atoms with E-state index in [1.165, 1.54) is 5.56 Å². The summed E-state index contributed by atoms with van der Waals surface area (Å²) < 4.78 is 11.9. The number of hydrogen-bond acceptors (Lipinski definition) is 4. The van der Waals surface area contributed by atoms with Crippen LogP contribution >= 0.6 is 15.9 Å². The third-order valence-corrected chi connectivity index (χ3v) is 4.80. The number of nitrogens with two attached hydrogens (primary N) is 1. The van der Waals surface area contributed by atoms with Crippen LogP contribution in [0.2, 0.25) is 0 Å². The number of hydrogen-bond donors (Lipinski definition) is 1. The zero-order chi connectivity index (χ0) is 14.5. The van der Waals surface area contributed by atoms with Crippen molar-refractivity contribution < 1.29 is 9.47 Å². The molecule has 0 saturated carbocycles. The number of piperidine rings is 1. The number of methoxy groups -OCH3 is 2. The largest absolute Gasteiger partial charge is 0.497 e. The summed E-state index contributed by atoms with van der Waals surface area (Å²) >= 11 is 3.62. The van der Waals surface area contributed by atoms with Gasteiger partial charge in [-0.05, 0) is 36.6 Å². The van der Waals surface area contributed by atoms with Crippen molar-refractivity contribution in [2.24, 2.45) is 5.73 Å². The topological polar surface area (TPSA) is 47.7 Å². The van der Waals surface area contributed by atoms with Crippen molar-refractivity contribution in [2.45, 2.75) is 31.5 Å². The second-order valence-corrected chi connectivity index (χ2v) is 6.05. The second kappa shape index (κ2) is 7.41. The summed E-state index contributed by atoms with van der Waals surface area (Å²) in [5.74, 6) is 0.888. The Hall–Kier alpha value is -0.620. The lowest BCUT2D eigenvalue weighted by molar-refractivity contribution is 0.0101. The summed E-state index contributed by atoms with van der Waals surface area (Å²) in [5.41, 5.74) is 7.16. The highest BCUT2D eigenvalue weighted by atomic mass is 79.9. The predicted octanol–water partition coefficient (Wildman–Crippen LogP) is 2.40. The molecule has 20 heavy (non-hydrogen) atoms. The SMILES string of the molecule is COc1ccc(Br)c(CN2CCC(OC)CC2CN)c1. The number of halogens is 1. The molecule has 2 atom stereocenters. The summed E-state index contributed by atoms with van der Waals surface area (Å²) in [6.07, 6.45) is 2.41. The summed E-state index contributed by atoms with van der Waals surface area (Å²) in [4.78, 5) is 2.44. The standard InChI is InChI=1S/C15H23BrN2O2/c1-19-13-3-4-15(16)11(7-13)10-18-6-5-14(20-2)8-12(18)9-17/h3-4,7,12,14H,5-6,8-10,17H2,1-2H3. The van der Waals surface area contributed by atoms with E-state index in [9.17, 15) is 0 Å². The molecule has 0 spiro atoms. The van der Waals surface area contributed by atoms with Crippen LogP contribution in [0, 0.1) is 0 Å². The van der Waals surface area contributed by atoms with Gasteiger partial charge in [0.15, 0.2) is 0 Å². The van der Waals surface area contributed by atoms with Crippen LogP contribution in [-0.4, -0.2) is 44.4 Å². The van der Waals surface area contributed by atoms with E-state index in [4.69, 9.17) is 15.2 Å². The molecule has 0 radical (unpaired) electrons. The molecular formula is C15H23BrN2O2. The monoisotopic (exact) mass is 342 g/mol. The van der Waals surface area contributed by atoms with Crippen LogP contribution < -0.4 is 10.5 Å². The van der Waals surface area contributed by atoms with Crippen molar-refractivity contribution in [1.82, 2.24) is 4.90 Å². The second-order valence-electron chi connectivity index (χ2n) is 5.20. The van der Waals surface area contributed by atoms with E-state index in [2.05, 4.69) is 26.9 Å². The molecule has 0 bridgehead atoms. The van der Waals surface area contributed by atoms with Crippen molar-refractivity contribution in [2.75, 3.05) is 27.3 Å². The van der Waals surface area contributed by atoms with Gasteiger partial charge in [0.05, 0.1) is 13.2 Å². The minimum Gasteiger partial charge on any atom is -0.497 e. The molecule has 1 aromatic rings. The van der Waals surface area contributed by atoms with Crippen LogP contribution in [0.15, 0.2) is 22.7 Å². The highest BCUT2D eigenvalue weighted by Crippen LogP contribution is 2.27. The number of rotatable bonds is 5. The Bertz CT molecular complexity index is 442. The normalized spacial score (nSPS) is 23.8. The molecule has 2 unspecified atom stereocenters. The Morgan fingerprint density at radius 1 is 1.40 bits per heavy atom. The Labute approximate surface area is 129 Å². The van der Waals surface area contributed by atoms with E-state index in [1.807, 2.05) is 12.1 Å². The average Bonchev–Trinajstić information content (AvgIpc) is 2.49. The maximum absolute atomic E-state index is 5.92. The highest BCUT2D eigenvalue weighted by Gasteiger charge is 2.27. The first-order valence-electron chi connectivity index (χ1n) is 6.97. The van der Waals surface area contributed by atoms with Crippen LogP contribution in [0.4, 0.5) is 0 Å². The highest BCUT2D eigenvalue weighted by molar-refractivity contribution is 9.10. The van der Waals surface area contributed by atoms with Gasteiger partial charge in [0.1, 0.15) is 5.75 Å². The van der Waals surface area contributed by atoms with Crippen LogP contribution in [0.1, 0.15) is 18.4 Å². The van der Waals surface area contributed by atoms with Gasteiger partial charge >= 0.3 is 0 Å². The molecular weight excluding hydrogens is 320 g/mol. The molecule has 5 heteroatoms. The summed E-state index contributed by atoms with van der Waals surface area (Å²) in [7, 11) is 3.48. The van der Waals surface area contributed by atoms with E-state index >= 15 is 0 Å². The third-order valence-electron chi connectivity index (χ3n) is 4.02. The first kappa shape index (κ1) is 15.8. The number of ether oxygens (including phenoxy) is 2. The minimum atomic E-state index is 0.341. The van der Waals surface area contributed by atoms with E-state index in [0.29, 0.717) is 18.7 Å². The first-order valence-corrected chi connectivity index (χ1v) is 7.76. The summed E-state index contributed by atoms with van der Waals surface area (Å²) in [6.45, 7) is 2.57. The van der Waals surface area contributed by atoms with Gasteiger partial charge in [0, 0.05) is 37.3 Å². The van der Waals surface area contributed by atoms with Crippen LogP contribution in [-0.2, 0) is 11.3 Å². The Kier molecular flexibility index (Phi) is 5.84. The van der Waals surface area contributed by atoms with Crippen LogP contribution in [0.25, 0.3) is 0 Å². The lowest BCUT2D eigenvalue weighted by Crippen LogP contribution is -2.48. The minimum absolute atomic E-state index is 0.341. The fraction of sp³-hybridized carbons (Fsp3) is 0.600. The molecule has 0 aromatic heterocycles. The zero-order valence-corrected chi connectivity index (χ0v) is 13.7. The van der Waals surface area contributed by atoms with Gasteiger partial charge in [-0.3, -0.25) is 4.90 Å². The van der Waals surface area contributed by atoms with E-state index in [0.717, 1.165) is 36.2 Å². The Morgan fingerprint density at radius 3 is 2.85 bits per heavy atom. The molecule has 4 nitrogen and oxygen atoms in total. The van der Waals surface area contributed by atoms with Gasteiger partial charge in [0.2, 0.25) is 0 Å². The molecule has 112 valence electrons. The average molecular weight is 343 g/mol. The van der Waals surface area contributed by atoms with Gasteiger partial charge in [-0.2, -0.15) is 0 Å². The molecule has 1 aliphatic rings. The zero-order valence-electron chi connectivity index (χ0n) is 12.1. The Morgan fingerprint density at radius 2 is 2.20 bits per heavy atom. The molecule has 1 heterocycles. The van der Waals surface area contributed by atoms with Crippen LogP contribution in [0.5, 0.6) is 5.75 Å². The van der Waals surface area contributed by atoms with Crippen molar-refractivity contribution in [3.8, 4) is 5.75 Å². The van der Waals surface area contributed by atoms with E-state index in [1.54, 1.807) is 14.2 Å². The fourth-order valence-electron chi connectivity index (χ4n) is 2.75. The number of benzene rings is 1. The van der Waals surface area contributed by atoms with Crippen molar-refractivity contribution in [3.63, 3.8) is 0 Å². The third kappa shape index (κ3) is 3.73. The van der Waals surface area contributed by atoms with Gasteiger partial charge < -0.3 is 15.2 Å². The molecule has 0 aliphatic carbocycles. The number of nitrogens with zero attached hydrogens (tertiary/aromatic N) is 1. The van der Waals surface area contributed by atoms with Crippen molar-refractivity contribution in [3.05, 3.63) is 28.2 Å². The van der Waals surface area contributed by atoms with E-state index < -0.39 is 0 Å². The fourth-order valence-corrected chi connectivity index (χ4v) is 3.12. The first-order chi connectivity index (χ1) is 9.67. The lowest BCUT2D eigenvalue weighted by atomic mass is 9.98. The molecule has 2 N–H and O–H groups in total. The summed E-state index contributed by atoms with van der Waals surface area (Å²) in [6, 6.07) is 6.46. The molecule has 2 rings (SSSR count). The molecule has 1 aliphatic heterocycles. The quantitative estimate of drug-likeness (QED) is 0.892.